The molecule has 17 heteroatoms. The van der Waals surface area contributed by atoms with Gasteiger partial charge in [0.1, 0.15) is 5.41 Å². The topological polar surface area (TPSA) is 197 Å². The van der Waals surface area contributed by atoms with Crippen molar-refractivity contribution < 1.29 is 57.9 Å². The number of aromatic nitrogens is 1. The number of ether oxygens (including phenoxy) is 5. The number of fused-ring (bicyclic) bond motifs is 6. The molecule has 362 valence electrons. The fraction of sp³-hybridized carbons (Fsp3) is 0.620. The van der Waals surface area contributed by atoms with Crippen LogP contribution in [0.25, 0.3) is 10.9 Å². The minimum absolute atomic E-state index is 0.177. The minimum Gasteiger partial charge on any atom is -0.469 e. The largest absolute Gasteiger partial charge is 0.469 e. The highest BCUT2D eigenvalue weighted by atomic mass is 32.2. The number of methoxy groups -OCH3 is 4. The summed E-state index contributed by atoms with van der Waals surface area (Å²) < 4.78 is 28.9. The van der Waals surface area contributed by atoms with Crippen LogP contribution in [0.5, 0.6) is 0 Å². The summed E-state index contributed by atoms with van der Waals surface area (Å²) >= 11 is 1.54. The van der Waals surface area contributed by atoms with Crippen molar-refractivity contribution >= 4 is 53.0 Å². The zero-order valence-corrected chi connectivity index (χ0v) is 40.3. The number of thioether (sulfide) groups is 1. The molecule has 2 aliphatic carbocycles. The Morgan fingerprint density at radius 3 is 2.42 bits per heavy atom. The van der Waals surface area contributed by atoms with Crippen LogP contribution >= 0.6 is 11.8 Å². The molecule has 1 spiro atoms. The van der Waals surface area contributed by atoms with Crippen LogP contribution in [0.4, 0.5) is 0 Å². The quantitative estimate of drug-likeness (QED) is 0.0913. The number of aromatic amines is 1. The first-order chi connectivity index (χ1) is 32.1. The summed E-state index contributed by atoms with van der Waals surface area (Å²) in [7, 11) is 5.51. The molecule has 0 radical (unpaired) electrons. The van der Waals surface area contributed by atoms with Gasteiger partial charge in [-0.3, -0.25) is 29.0 Å². The Morgan fingerprint density at radius 1 is 0.970 bits per heavy atom. The van der Waals surface area contributed by atoms with E-state index in [-0.39, 0.29) is 24.7 Å². The molecule has 12 atom stereocenters. The number of hydrogen-bond donors (Lipinski definition) is 3. The summed E-state index contributed by atoms with van der Waals surface area (Å²) in [6, 6.07) is 4.34. The molecule has 5 aliphatic heterocycles. The first-order valence-electron chi connectivity index (χ1n) is 23.6. The fourth-order valence-electron chi connectivity index (χ4n) is 14.3. The van der Waals surface area contributed by atoms with Crippen LogP contribution in [0.1, 0.15) is 70.6 Å². The van der Waals surface area contributed by atoms with E-state index < -0.39 is 75.6 Å². The lowest BCUT2D eigenvalue weighted by Crippen LogP contribution is -2.80. The number of carbonyl (C=O) groups is 5. The number of carbonyl (C=O) groups excluding carboxylic acids is 5. The average molecular weight is 945 g/mol. The van der Waals surface area contributed by atoms with E-state index >= 15 is 4.79 Å². The molecule has 67 heavy (non-hydrogen) atoms. The van der Waals surface area contributed by atoms with Gasteiger partial charge in [0.2, 0.25) is 12.0 Å². The van der Waals surface area contributed by atoms with Crippen molar-refractivity contribution in [2.45, 2.75) is 112 Å². The fourth-order valence-corrected chi connectivity index (χ4v) is 15.1. The van der Waals surface area contributed by atoms with Crippen molar-refractivity contribution in [1.29, 1.82) is 0 Å². The van der Waals surface area contributed by atoms with Gasteiger partial charge in [-0.05, 0) is 86.4 Å². The van der Waals surface area contributed by atoms with Crippen molar-refractivity contribution in [3.63, 3.8) is 0 Å². The molecular formula is C50H64N4O12S. The van der Waals surface area contributed by atoms with Gasteiger partial charge in [-0.1, -0.05) is 32.1 Å². The molecule has 16 nitrogen and oxygen atoms in total. The van der Waals surface area contributed by atoms with E-state index in [4.69, 9.17) is 23.7 Å². The lowest BCUT2D eigenvalue weighted by atomic mass is 9.47. The molecule has 1 amide bonds. The molecule has 7 aliphatic rings. The van der Waals surface area contributed by atoms with Crippen LogP contribution in [0.3, 0.4) is 0 Å². The number of nitrogens with zero attached hydrogens (tertiary/aromatic N) is 3. The van der Waals surface area contributed by atoms with Gasteiger partial charge in [0.15, 0.2) is 6.10 Å². The smallest absolute Gasteiger partial charge is 0.344 e. The van der Waals surface area contributed by atoms with Gasteiger partial charge < -0.3 is 43.8 Å². The van der Waals surface area contributed by atoms with E-state index in [1.807, 2.05) is 44.2 Å². The number of esters is 4. The standard InChI is InChI=1S/C50H64N4O12S/c1-8-46(60)24-30-25-49(44(58)64-6,40-32(13-18-52(26-30)27-46)33-21-31(11-12-36(33)51-40)67-20-14-39(57)63-5)35-22-34-37(23-38(35)62-4)54(28-55)42-48(34)16-19-53-17-10-15-47(9-2,41(48)53)43(66-29(3)56)50(42,61)45(59)65-7/h10-12,15,21-23,28,30,35,38,41-43,51,60-61H,8-9,13-14,16-20,24-27H2,1-7H3/t30-,35?,38?,41+,42-,43-,46+,47-,48-,49+,50+/m1/s1. The van der Waals surface area contributed by atoms with Crippen molar-refractivity contribution in [2.24, 2.45) is 22.7 Å². The van der Waals surface area contributed by atoms with Gasteiger partial charge in [0.25, 0.3) is 0 Å². The summed E-state index contributed by atoms with van der Waals surface area (Å²) in [4.78, 5) is 79.8. The number of benzene rings is 1. The van der Waals surface area contributed by atoms with Crippen LogP contribution in [-0.4, -0.2) is 163 Å². The van der Waals surface area contributed by atoms with Crippen molar-refractivity contribution in [3.05, 3.63) is 65.0 Å². The molecule has 3 saturated heterocycles. The Hall–Kier alpha value is -4.52. The number of amides is 1. The highest BCUT2D eigenvalue weighted by Crippen LogP contribution is 2.70. The van der Waals surface area contributed by atoms with Gasteiger partial charge in [-0.15, -0.1) is 11.8 Å². The molecule has 9 rings (SSSR count). The zero-order valence-electron chi connectivity index (χ0n) is 39.5. The highest BCUT2D eigenvalue weighted by molar-refractivity contribution is 7.99. The number of nitrogens with one attached hydrogen (secondary N) is 1. The molecule has 4 fully saturated rings. The Balaban J connectivity index is 1.31. The van der Waals surface area contributed by atoms with Crippen LogP contribution in [0, 0.1) is 22.7 Å². The van der Waals surface area contributed by atoms with E-state index in [9.17, 15) is 29.4 Å². The van der Waals surface area contributed by atoms with Crippen LogP contribution < -0.4 is 0 Å². The third kappa shape index (κ3) is 6.91. The number of H-pyrrole nitrogens is 1. The van der Waals surface area contributed by atoms with Gasteiger partial charge >= 0.3 is 23.9 Å². The first kappa shape index (κ1) is 47.5. The second-order valence-corrected chi connectivity index (χ2v) is 21.0. The normalized spacial score (nSPS) is 37.3. The van der Waals surface area contributed by atoms with E-state index in [2.05, 4.69) is 26.9 Å². The molecule has 6 heterocycles. The Labute approximate surface area is 395 Å². The molecule has 2 bridgehead atoms. The second kappa shape index (κ2) is 17.5. The number of allylic oxidation sites excluding steroid dienone is 1. The molecule has 1 aromatic carbocycles. The maximum Gasteiger partial charge on any atom is 0.344 e. The van der Waals surface area contributed by atoms with E-state index in [1.54, 1.807) is 18.9 Å². The van der Waals surface area contributed by atoms with Gasteiger partial charge in [0, 0.05) is 95.9 Å². The SMILES string of the molecule is CC[C@]1(O)C[C@H]2CN(CCc3c([nH]c4ccc(SCCC(=O)OC)cc34)[C@@](C(=O)OC)(C3C=C4C(=CC3OC)N(C=O)[C@H]3[C@@](O)(C(=O)OC)[C@H](OC(C)=O)[C@]5(CC)C=CCN6CC[C@]43[C@@H]65)C2)C1. The Bertz CT molecular complexity index is 2450. The Morgan fingerprint density at radius 2 is 1.75 bits per heavy atom. The summed E-state index contributed by atoms with van der Waals surface area (Å²) in [6.45, 7) is 8.02. The highest BCUT2D eigenvalue weighted by Gasteiger charge is 2.82. The lowest BCUT2D eigenvalue weighted by molar-refractivity contribution is -0.242. The number of rotatable bonds is 12. The second-order valence-electron chi connectivity index (χ2n) is 19.8. The van der Waals surface area contributed by atoms with Gasteiger partial charge in [-0.2, -0.15) is 0 Å². The summed E-state index contributed by atoms with van der Waals surface area (Å²) in [5.41, 5.74) is -3.74. The van der Waals surface area contributed by atoms with Crippen LogP contribution in [0.2, 0.25) is 0 Å². The average Bonchev–Trinajstić information content (AvgIpc) is 4.00. The van der Waals surface area contributed by atoms with Crippen LogP contribution in [-0.2, 0) is 59.5 Å². The number of hydrogen-bond acceptors (Lipinski definition) is 15. The third-order valence-electron chi connectivity index (χ3n) is 16.8. The van der Waals surface area contributed by atoms with E-state index in [0.29, 0.717) is 94.0 Å². The zero-order chi connectivity index (χ0) is 47.8. The number of piperidine rings is 1. The van der Waals surface area contributed by atoms with Crippen molar-refractivity contribution in [3.8, 4) is 0 Å². The van der Waals surface area contributed by atoms with Gasteiger partial charge in [-0.25, -0.2) is 4.79 Å². The Kier molecular flexibility index (Phi) is 12.4. The molecular weight excluding hydrogens is 881 g/mol. The number of aliphatic hydroxyl groups is 2. The van der Waals surface area contributed by atoms with E-state index in [1.165, 1.54) is 33.2 Å². The molecule has 1 saturated carbocycles. The monoisotopic (exact) mass is 944 g/mol. The molecule has 3 unspecified atom stereocenters. The van der Waals surface area contributed by atoms with E-state index in [0.717, 1.165) is 21.4 Å². The van der Waals surface area contributed by atoms with Crippen molar-refractivity contribution in [1.82, 2.24) is 19.7 Å². The summed E-state index contributed by atoms with van der Waals surface area (Å²) in [5.74, 6) is -2.97. The first-order valence-corrected chi connectivity index (χ1v) is 24.6. The predicted molar refractivity (Wildman–Crippen MR) is 246 cm³/mol. The van der Waals surface area contributed by atoms with Crippen LogP contribution in [0.15, 0.2) is 58.7 Å². The molecule has 2 aromatic rings. The predicted octanol–water partition coefficient (Wildman–Crippen LogP) is 3.82. The number of likely N-dealkylation sites (tertiary alicyclic amines) is 1. The third-order valence-corrected chi connectivity index (χ3v) is 17.8. The minimum atomic E-state index is -2.55. The van der Waals surface area contributed by atoms with Gasteiger partial charge in [0.05, 0.1) is 45.5 Å². The van der Waals surface area contributed by atoms with Crippen molar-refractivity contribution in [2.75, 3.05) is 66.9 Å². The lowest BCUT2D eigenvalue weighted by Gasteiger charge is -2.63. The maximum absolute atomic E-state index is 15.6. The molecule has 1 aromatic heterocycles. The summed E-state index contributed by atoms with van der Waals surface area (Å²) in [5, 5.41) is 26.5. The summed E-state index contributed by atoms with van der Waals surface area (Å²) in [6.07, 6.45) is 9.01. The molecule has 3 N–H and O–H groups in total. The maximum atomic E-state index is 15.6.